The van der Waals surface area contributed by atoms with Crippen LogP contribution in [0.2, 0.25) is 0 Å². The summed E-state index contributed by atoms with van der Waals surface area (Å²) in [5.41, 5.74) is 2.13. The zero-order chi connectivity index (χ0) is 9.30. The molecule has 0 amide bonds. The molecule has 0 saturated carbocycles. The predicted octanol–water partition coefficient (Wildman–Crippen LogP) is 2.48. The monoisotopic (exact) mass is 182 g/mol. The Morgan fingerprint density at radius 2 is 1.25 bits per heavy atom. The minimum atomic E-state index is 0.423. The topological polar surface area (TPSA) is 24.7 Å². The van der Waals surface area contributed by atoms with Gasteiger partial charge in [-0.2, -0.15) is 0 Å². The molecule has 0 N–H and O–H groups in total. The van der Waals surface area contributed by atoms with Crippen LogP contribution in [0, 0.1) is 11.8 Å². The molecule has 0 fully saturated rings. The highest BCUT2D eigenvalue weighted by atomic mass is 32.1. The number of aliphatic imine (C=N–C) groups is 2. The van der Waals surface area contributed by atoms with Crippen LogP contribution in [0.4, 0.5) is 0 Å². The van der Waals surface area contributed by atoms with E-state index < -0.39 is 0 Å². The molecule has 0 aromatic carbocycles. The second-order valence-electron chi connectivity index (χ2n) is 3.59. The Balaban J connectivity index is 2.95. The van der Waals surface area contributed by atoms with Crippen LogP contribution in [0.25, 0.3) is 0 Å². The van der Waals surface area contributed by atoms with Crippen LogP contribution >= 0.6 is 12.2 Å². The first-order chi connectivity index (χ1) is 5.52. The second-order valence-corrected chi connectivity index (χ2v) is 3.95. The Morgan fingerprint density at radius 1 is 0.917 bits per heavy atom. The lowest BCUT2D eigenvalue weighted by molar-refractivity contribution is 0.862. The molecule has 0 aliphatic carbocycles. The zero-order valence-electron chi connectivity index (χ0n) is 7.96. The lowest BCUT2D eigenvalue weighted by Gasteiger charge is -2.10. The van der Waals surface area contributed by atoms with E-state index in [1.54, 1.807) is 0 Å². The molecule has 12 heavy (non-hydrogen) atoms. The Morgan fingerprint density at radius 3 is 1.50 bits per heavy atom. The molecule has 0 aromatic heterocycles. The van der Waals surface area contributed by atoms with Gasteiger partial charge >= 0.3 is 0 Å². The highest BCUT2D eigenvalue weighted by Gasteiger charge is 2.21. The number of rotatable bonds is 2. The van der Waals surface area contributed by atoms with Gasteiger partial charge in [0.2, 0.25) is 5.11 Å². The Kier molecular flexibility index (Phi) is 2.73. The number of nitrogens with zero attached hydrogens (tertiary/aromatic N) is 2. The fourth-order valence-corrected chi connectivity index (χ4v) is 1.39. The van der Waals surface area contributed by atoms with Crippen LogP contribution in [0.1, 0.15) is 27.7 Å². The molecule has 1 heterocycles. The normalized spacial score (nSPS) is 17.3. The average molecular weight is 182 g/mol. The van der Waals surface area contributed by atoms with Crippen molar-refractivity contribution in [2.24, 2.45) is 21.8 Å². The fraction of sp³-hybridized carbons (Fsp3) is 0.667. The molecule has 0 saturated heterocycles. The molecule has 3 heteroatoms. The lowest BCUT2D eigenvalue weighted by atomic mass is 9.96. The van der Waals surface area contributed by atoms with Gasteiger partial charge in [0.15, 0.2) is 0 Å². The molecular weight excluding hydrogens is 168 g/mol. The van der Waals surface area contributed by atoms with Gasteiger partial charge in [0.05, 0.1) is 11.4 Å². The maximum atomic E-state index is 4.94. The van der Waals surface area contributed by atoms with E-state index in [0.29, 0.717) is 16.9 Å². The molecule has 0 unspecified atom stereocenters. The van der Waals surface area contributed by atoms with Gasteiger partial charge < -0.3 is 0 Å². The van der Waals surface area contributed by atoms with Gasteiger partial charge in [-0.05, 0) is 24.1 Å². The van der Waals surface area contributed by atoms with Crippen LogP contribution < -0.4 is 0 Å². The summed E-state index contributed by atoms with van der Waals surface area (Å²) in [7, 11) is 0. The molecule has 1 aliphatic rings. The highest BCUT2D eigenvalue weighted by molar-refractivity contribution is 7.80. The molecule has 66 valence electrons. The van der Waals surface area contributed by atoms with Crippen molar-refractivity contribution in [2.75, 3.05) is 0 Å². The van der Waals surface area contributed by atoms with Crippen molar-refractivity contribution >= 4 is 28.8 Å². The van der Waals surface area contributed by atoms with Crippen LogP contribution in [-0.4, -0.2) is 16.5 Å². The quantitative estimate of drug-likeness (QED) is 0.602. The summed E-state index contributed by atoms with van der Waals surface area (Å²) < 4.78 is 0. The van der Waals surface area contributed by atoms with Crippen molar-refractivity contribution in [1.82, 2.24) is 0 Å². The summed E-state index contributed by atoms with van der Waals surface area (Å²) in [5.74, 6) is 0.846. The molecule has 1 rings (SSSR count). The van der Waals surface area contributed by atoms with Crippen LogP contribution in [0.15, 0.2) is 9.98 Å². The van der Waals surface area contributed by atoms with E-state index in [2.05, 4.69) is 37.7 Å². The average Bonchev–Trinajstić information content (AvgIpc) is 2.31. The predicted molar refractivity (Wildman–Crippen MR) is 57.1 cm³/mol. The minimum absolute atomic E-state index is 0.423. The number of hydrogen-bond acceptors (Lipinski definition) is 1. The molecule has 1 aliphatic heterocycles. The molecular formula is C9H14N2S. The number of thiocarbonyl (C=S) groups is 1. The van der Waals surface area contributed by atoms with E-state index in [1.165, 1.54) is 0 Å². The van der Waals surface area contributed by atoms with Gasteiger partial charge in [0.25, 0.3) is 0 Å². The van der Waals surface area contributed by atoms with E-state index in [1.807, 2.05) is 0 Å². The Hall–Kier alpha value is -0.570. The third-order valence-electron chi connectivity index (χ3n) is 1.79. The molecule has 2 nitrogen and oxygen atoms in total. The second kappa shape index (κ2) is 3.44. The third-order valence-corrected chi connectivity index (χ3v) is 1.97. The number of hydrogen-bond donors (Lipinski definition) is 0. The maximum absolute atomic E-state index is 4.94. The Labute approximate surface area is 78.8 Å². The van der Waals surface area contributed by atoms with E-state index in [9.17, 15) is 0 Å². The highest BCUT2D eigenvalue weighted by Crippen LogP contribution is 2.13. The van der Waals surface area contributed by atoms with Crippen LogP contribution in [-0.2, 0) is 0 Å². The van der Waals surface area contributed by atoms with Crippen molar-refractivity contribution < 1.29 is 0 Å². The third kappa shape index (κ3) is 1.78. The smallest absolute Gasteiger partial charge is 0.219 e. The largest absolute Gasteiger partial charge is 0.221 e. The fourth-order valence-electron chi connectivity index (χ4n) is 1.20. The molecule has 0 aromatic rings. The first-order valence-corrected chi connectivity index (χ1v) is 4.64. The summed E-state index contributed by atoms with van der Waals surface area (Å²) >= 11 is 4.94. The van der Waals surface area contributed by atoms with E-state index in [0.717, 1.165) is 11.4 Å². The lowest BCUT2D eigenvalue weighted by Crippen LogP contribution is -2.22. The summed E-state index contributed by atoms with van der Waals surface area (Å²) in [6.45, 7) is 8.46. The van der Waals surface area contributed by atoms with Crippen LogP contribution in [0.3, 0.4) is 0 Å². The SMILES string of the molecule is CC(C)C1=NC(=S)N=C1C(C)C. The van der Waals surface area contributed by atoms with Gasteiger partial charge in [-0.1, -0.05) is 27.7 Å². The summed E-state index contributed by atoms with van der Waals surface area (Å²) in [6, 6.07) is 0. The van der Waals surface area contributed by atoms with Crippen molar-refractivity contribution in [3.8, 4) is 0 Å². The maximum Gasteiger partial charge on any atom is 0.219 e. The van der Waals surface area contributed by atoms with Crippen molar-refractivity contribution in [3.05, 3.63) is 0 Å². The van der Waals surface area contributed by atoms with Crippen molar-refractivity contribution in [1.29, 1.82) is 0 Å². The summed E-state index contributed by atoms with van der Waals surface area (Å²) in [4.78, 5) is 8.47. The first kappa shape index (κ1) is 9.52. The van der Waals surface area contributed by atoms with Gasteiger partial charge in [-0.15, -0.1) is 0 Å². The Bertz CT molecular complexity index is 236. The van der Waals surface area contributed by atoms with E-state index >= 15 is 0 Å². The molecule has 0 radical (unpaired) electrons. The molecule has 0 atom stereocenters. The van der Waals surface area contributed by atoms with Gasteiger partial charge in [-0.3, -0.25) is 0 Å². The summed E-state index contributed by atoms with van der Waals surface area (Å²) in [5, 5.41) is 0.488. The zero-order valence-corrected chi connectivity index (χ0v) is 8.77. The molecule has 0 spiro atoms. The van der Waals surface area contributed by atoms with E-state index in [-0.39, 0.29) is 0 Å². The minimum Gasteiger partial charge on any atom is -0.221 e. The summed E-state index contributed by atoms with van der Waals surface area (Å²) in [6.07, 6.45) is 0. The first-order valence-electron chi connectivity index (χ1n) is 4.24. The van der Waals surface area contributed by atoms with Gasteiger partial charge in [0, 0.05) is 0 Å². The van der Waals surface area contributed by atoms with Crippen LogP contribution in [0.5, 0.6) is 0 Å². The molecule has 0 bridgehead atoms. The van der Waals surface area contributed by atoms with Crippen molar-refractivity contribution in [2.45, 2.75) is 27.7 Å². The van der Waals surface area contributed by atoms with E-state index in [4.69, 9.17) is 12.2 Å². The van der Waals surface area contributed by atoms with Crippen molar-refractivity contribution in [3.63, 3.8) is 0 Å². The standard InChI is InChI=1S/C9H14N2S/c1-5(2)7-8(6(3)4)11-9(12)10-7/h5-6H,1-4H3. The van der Waals surface area contributed by atoms with Gasteiger partial charge in [0.1, 0.15) is 0 Å². The van der Waals surface area contributed by atoms with Gasteiger partial charge in [-0.25, -0.2) is 9.98 Å².